The summed E-state index contributed by atoms with van der Waals surface area (Å²) >= 11 is 1.66. The number of aromatic nitrogens is 2. The van der Waals surface area contributed by atoms with Crippen LogP contribution in [-0.2, 0) is 36.3 Å². The third-order valence-corrected chi connectivity index (χ3v) is 13.6. The van der Waals surface area contributed by atoms with Gasteiger partial charge in [0, 0.05) is 23.1 Å². The Bertz CT molecular complexity index is 2180. The summed E-state index contributed by atoms with van der Waals surface area (Å²) < 4.78 is 52.8. The smallest absolute Gasteiger partial charge is 0.390 e. The molecule has 0 amide bonds. The predicted octanol–water partition coefficient (Wildman–Crippen LogP) is 5.57. The molecule has 2 unspecified atom stereocenters. The van der Waals surface area contributed by atoms with Gasteiger partial charge in [-0.25, -0.2) is 18.5 Å². The highest BCUT2D eigenvalue weighted by Crippen LogP contribution is 2.66. The lowest BCUT2D eigenvalue weighted by molar-refractivity contribution is -0.0449. The maximum absolute atomic E-state index is 13.0. The van der Waals surface area contributed by atoms with E-state index in [9.17, 15) is 33.4 Å². The van der Waals surface area contributed by atoms with E-state index in [1.165, 1.54) is 6.20 Å². The van der Waals surface area contributed by atoms with Gasteiger partial charge < -0.3 is 35.2 Å². The van der Waals surface area contributed by atoms with Crippen LogP contribution in [0.1, 0.15) is 29.3 Å². The van der Waals surface area contributed by atoms with Gasteiger partial charge in [-0.3, -0.25) is 9.09 Å². The second-order valence-corrected chi connectivity index (χ2v) is 17.7. The van der Waals surface area contributed by atoms with Crippen LogP contribution in [0.25, 0.3) is 11.1 Å². The number of thioether (sulfide) groups is 1. The quantitative estimate of drug-likeness (QED) is 0.0455. The molecule has 1 saturated heterocycles. The summed E-state index contributed by atoms with van der Waals surface area (Å²) in [7, 11) is -16.8. The molecule has 4 aromatic carbocycles. The zero-order valence-electron chi connectivity index (χ0n) is 27.9. The average molecular weight is 818 g/mol. The Hall–Kier alpha value is -3.76. The van der Waals surface area contributed by atoms with Crippen LogP contribution in [0, 0.1) is 0 Å². The number of rotatable bonds is 14. The summed E-state index contributed by atoms with van der Waals surface area (Å²) in [4.78, 5) is 54.4. The number of hydrogen-bond acceptors (Lipinski definition) is 12. The highest BCUT2D eigenvalue weighted by Gasteiger charge is 2.43. The van der Waals surface area contributed by atoms with Crippen LogP contribution in [0.5, 0.6) is 0 Å². The molecule has 1 aromatic heterocycles. The Kier molecular flexibility index (Phi) is 11.9. The fourth-order valence-corrected chi connectivity index (χ4v) is 10.4. The fourth-order valence-electron chi connectivity index (χ4n) is 5.99. The van der Waals surface area contributed by atoms with Gasteiger partial charge in [0.25, 0.3) is 0 Å². The number of nitrogen functional groups attached to an aromatic ring is 1. The lowest BCUT2D eigenvalue weighted by Gasteiger charge is -2.35. The van der Waals surface area contributed by atoms with Crippen molar-refractivity contribution in [2.75, 3.05) is 12.3 Å². The van der Waals surface area contributed by atoms with Crippen molar-refractivity contribution in [3.63, 3.8) is 0 Å². The molecule has 5 atom stereocenters. The first-order chi connectivity index (χ1) is 25.6. The number of hydrogen-bond donors (Lipinski definition) is 6. The van der Waals surface area contributed by atoms with Gasteiger partial charge in [0.1, 0.15) is 18.1 Å². The Labute approximate surface area is 312 Å². The van der Waals surface area contributed by atoms with E-state index in [1.54, 1.807) is 11.8 Å². The lowest BCUT2D eigenvalue weighted by atomic mass is 9.84. The monoisotopic (exact) mass is 817 g/mol. The molecule has 6 rings (SSSR count). The molecule has 1 aliphatic rings. The SMILES string of the molecule is Nc1nc(=O)n([C@H]2C[C@H](O)[C@@H](COP(=O)(O)OP(=O)(O)OP(=O)(O)O)O2)cc1-c1ccc(SC(c2ccccc2)(c2ccccc2)c2ccccc2)cc1. The molecule has 7 N–H and O–H groups in total. The van der Waals surface area contributed by atoms with E-state index >= 15 is 0 Å². The van der Waals surface area contributed by atoms with Gasteiger partial charge >= 0.3 is 29.2 Å². The second-order valence-electron chi connectivity index (χ2n) is 12.0. The van der Waals surface area contributed by atoms with Crippen LogP contribution in [0.3, 0.4) is 0 Å². The molecule has 20 heteroatoms. The summed E-state index contributed by atoms with van der Waals surface area (Å²) in [6.07, 6.45) is -2.66. The lowest BCUT2D eigenvalue weighted by Crippen LogP contribution is -2.29. The molecular weight excluding hydrogens is 783 g/mol. The summed E-state index contributed by atoms with van der Waals surface area (Å²) in [6.45, 7) is -0.902. The minimum absolute atomic E-state index is 0.0633. The van der Waals surface area contributed by atoms with Gasteiger partial charge in [0.2, 0.25) is 0 Å². The van der Waals surface area contributed by atoms with Gasteiger partial charge in [-0.2, -0.15) is 13.6 Å². The van der Waals surface area contributed by atoms with E-state index in [0.717, 1.165) is 26.2 Å². The number of phosphoric ester groups is 1. The first kappa shape index (κ1) is 39.9. The topological polar surface area (TPSA) is 250 Å². The Balaban J connectivity index is 1.23. The van der Waals surface area contributed by atoms with E-state index in [-0.39, 0.29) is 12.2 Å². The van der Waals surface area contributed by atoms with E-state index < -0.39 is 58.9 Å². The number of anilines is 1. The van der Waals surface area contributed by atoms with Gasteiger partial charge in [-0.05, 0) is 34.4 Å². The maximum atomic E-state index is 13.0. The third-order valence-electron chi connectivity index (χ3n) is 8.29. The van der Waals surface area contributed by atoms with E-state index in [1.807, 2.05) is 78.9 Å². The van der Waals surface area contributed by atoms with Gasteiger partial charge in [0.05, 0.1) is 17.5 Å². The highest BCUT2D eigenvalue weighted by atomic mass is 32.2. The summed E-state index contributed by atoms with van der Waals surface area (Å²) in [5.41, 5.74) is 9.63. The van der Waals surface area contributed by atoms with Crippen molar-refractivity contribution < 1.29 is 56.3 Å². The number of nitrogens with zero attached hydrogens (tertiary/aromatic N) is 2. The summed E-state index contributed by atoms with van der Waals surface area (Å²) in [5, 5.41) is 10.6. The molecule has 284 valence electrons. The van der Waals surface area contributed by atoms with Crippen molar-refractivity contribution in [2.45, 2.75) is 34.5 Å². The van der Waals surface area contributed by atoms with Gasteiger partial charge in [-0.15, -0.1) is 11.8 Å². The number of aliphatic hydroxyl groups is 1. The molecule has 16 nitrogen and oxygen atoms in total. The van der Waals surface area contributed by atoms with E-state index in [4.69, 9.17) is 20.3 Å². The summed E-state index contributed by atoms with van der Waals surface area (Å²) in [6, 6.07) is 38.2. The van der Waals surface area contributed by atoms with Crippen LogP contribution < -0.4 is 11.4 Å². The number of aliphatic hydroxyl groups excluding tert-OH is 1. The van der Waals surface area contributed by atoms with Crippen LogP contribution in [-0.4, -0.2) is 53.0 Å². The highest BCUT2D eigenvalue weighted by molar-refractivity contribution is 8.00. The molecule has 5 aromatic rings. The van der Waals surface area contributed by atoms with Crippen molar-refractivity contribution in [2.24, 2.45) is 0 Å². The molecule has 1 aliphatic heterocycles. The first-order valence-corrected chi connectivity index (χ1v) is 21.4. The summed E-state index contributed by atoms with van der Waals surface area (Å²) in [5.74, 6) is -0.0633. The minimum Gasteiger partial charge on any atom is -0.390 e. The first-order valence-electron chi connectivity index (χ1n) is 16.0. The number of benzene rings is 4. The zero-order chi connectivity index (χ0) is 38.7. The molecule has 2 heterocycles. The largest absolute Gasteiger partial charge is 0.490 e. The van der Waals surface area contributed by atoms with Crippen LogP contribution in [0.2, 0.25) is 0 Å². The fraction of sp³-hybridized carbons (Fsp3) is 0.176. The number of nitrogens with two attached hydrogens (primary N) is 1. The zero-order valence-corrected chi connectivity index (χ0v) is 31.4. The van der Waals surface area contributed by atoms with Crippen molar-refractivity contribution in [1.29, 1.82) is 0 Å². The Morgan fingerprint density at radius 2 is 1.31 bits per heavy atom. The maximum Gasteiger partial charge on any atom is 0.490 e. The molecular formula is C34H34N3O13P3S. The molecule has 0 spiro atoms. The Morgan fingerprint density at radius 3 is 1.81 bits per heavy atom. The third kappa shape index (κ3) is 9.36. The molecule has 54 heavy (non-hydrogen) atoms. The van der Waals surface area contributed by atoms with Gasteiger partial charge in [-0.1, -0.05) is 103 Å². The average Bonchev–Trinajstić information content (AvgIpc) is 3.49. The molecule has 1 fully saturated rings. The van der Waals surface area contributed by atoms with Crippen molar-refractivity contribution in [1.82, 2.24) is 9.55 Å². The van der Waals surface area contributed by atoms with Crippen LogP contribution in [0.4, 0.5) is 5.82 Å². The molecule has 0 radical (unpaired) electrons. The molecule has 0 saturated carbocycles. The normalized spacial score (nSPS) is 19.9. The van der Waals surface area contributed by atoms with Gasteiger partial charge in [0.15, 0.2) is 0 Å². The Morgan fingerprint density at radius 1 is 0.796 bits per heavy atom. The van der Waals surface area contributed by atoms with Crippen LogP contribution in [0.15, 0.2) is 131 Å². The van der Waals surface area contributed by atoms with E-state index in [0.29, 0.717) is 11.1 Å². The van der Waals surface area contributed by atoms with E-state index in [2.05, 4.69) is 54.5 Å². The van der Waals surface area contributed by atoms with Crippen molar-refractivity contribution in [3.8, 4) is 11.1 Å². The molecule has 0 bridgehead atoms. The van der Waals surface area contributed by atoms with Crippen LogP contribution >= 0.6 is 35.2 Å². The van der Waals surface area contributed by atoms with Crippen molar-refractivity contribution >= 4 is 41.0 Å². The number of ether oxygens (including phenoxy) is 1. The molecule has 0 aliphatic carbocycles. The minimum atomic E-state index is -5.75. The second kappa shape index (κ2) is 16.1. The predicted molar refractivity (Wildman–Crippen MR) is 198 cm³/mol. The standard InChI is InChI=1S/C34H34N3O13P3S/c35-32-28(21-37(33(39)36-32)31-20-29(38)30(48-31)22-47-52(43,44)50-53(45,46)49-51(40,41)42)23-16-18-27(19-17-23)54-34(24-10-4-1-5-11-24,25-12-6-2-7-13-25)26-14-8-3-9-15-26/h1-19,21,29-31,38H,20,22H2,(H,43,44)(H,45,46)(H2,35,36,39)(H2,40,41,42)/t29-,30+,31+/m0/s1. The van der Waals surface area contributed by atoms with Crippen molar-refractivity contribution in [3.05, 3.63) is 149 Å². The number of phosphoric acid groups is 3.